The second-order valence-electron chi connectivity index (χ2n) is 4.91. The monoisotopic (exact) mass is 390 g/mol. The Morgan fingerprint density at radius 2 is 1.70 bits per heavy atom. The summed E-state index contributed by atoms with van der Waals surface area (Å²) >= 11 is 24.1. The van der Waals surface area contributed by atoms with E-state index in [1.54, 1.807) is 30.3 Å². The first kappa shape index (κ1) is 18.4. The summed E-state index contributed by atoms with van der Waals surface area (Å²) in [5.41, 5.74) is 1.26. The Labute approximate surface area is 154 Å². The number of nitrogens with one attached hydrogen (secondary N) is 2. The minimum atomic E-state index is -0.253. The van der Waals surface area contributed by atoms with Crippen LogP contribution in [-0.2, 0) is 4.79 Å². The van der Waals surface area contributed by atoms with Gasteiger partial charge in [0, 0.05) is 16.1 Å². The van der Waals surface area contributed by atoms with Gasteiger partial charge >= 0.3 is 0 Å². The maximum atomic E-state index is 12.0. The average Bonchev–Trinajstić information content (AvgIpc) is 2.49. The van der Waals surface area contributed by atoms with Crippen LogP contribution in [0.2, 0.25) is 20.1 Å². The van der Waals surface area contributed by atoms with Crippen LogP contribution >= 0.6 is 46.4 Å². The van der Waals surface area contributed by atoms with Crippen molar-refractivity contribution in [2.45, 2.75) is 13.0 Å². The molecular formula is C16H14Cl4N2O. The van der Waals surface area contributed by atoms with E-state index >= 15 is 0 Å². The smallest absolute Gasteiger partial charge is 0.238 e. The Morgan fingerprint density at radius 3 is 2.30 bits per heavy atom. The van der Waals surface area contributed by atoms with Gasteiger partial charge in [-0.1, -0.05) is 58.5 Å². The van der Waals surface area contributed by atoms with Crippen LogP contribution in [0.15, 0.2) is 36.4 Å². The summed E-state index contributed by atoms with van der Waals surface area (Å²) < 4.78 is 0. The minimum absolute atomic E-state index is 0.0850. The van der Waals surface area contributed by atoms with E-state index < -0.39 is 0 Å². The van der Waals surface area contributed by atoms with E-state index in [2.05, 4.69) is 10.6 Å². The van der Waals surface area contributed by atoms with E-state index in [9.17, 15) is 4.79 Å². The summed E-state index contributed by atoms with van der Waals surface area (Å²) in [5.74, 6) is -0.253. The zero-order chi connectivity index (χ0) is 17.0. The van der Waals surface area contributed by atoms with E-state index in [-0.39, 0.29) is 18.5 Å². The van der Waals surface area contributed by atoms with Crippen LogP contribution in [0.5, 0.6) is 0 Å². The van der Waals surface area contributed by atoms with Crippen molar-refractivity contribution < 1.29 is 4.79 Å². The van der Waals surface area contributed by atoms with Gasteiger partial charge in [-0.3, -0.25) is 4.79 Å². The van der Waals surface area contributed by atoms with Crippen LogP contribution in [0.4, 0.5) is 5.69 Å². The first-order chi connectivity index (χ1) is 10.9. The Balaban J connectivity index is 1.96. The van der Waals surface area contributed by atoms with Crippen molar-refractivity contribution in [3.63, 3.8) is 0 Å². The highest BCUT2D eigenvalue weighted by Crippen LogP contribution is 2.30. The molecule has 0 heterocycles. The number of carbonyl (C=O) groups excluding carboxylic acids is 1. The molecule has 2 aromatic rings. The molecule has 0 saturated heterocycles. The molecule has 7 heteroatoms. The summed E-state index contributed by atoms with van der Waals surface area (Å²) in [7, 11) is 0. The quantitative estimate of drug-likeness (QED) is 0.697. The van der Waals surface area contributed by atoms with Gasteiger partial charge in [0.2, 0.25) is 5.91 Å². The maximum absolute atomic E-state index is 12.0. The fourth-order valence-corrected chi connectivity index (χ4v) is 3.07. The molecule has 1 amide bonds. The molecule has 0 fully saturated rings. The molecule has 0 aromatic heterocycles. The maximum Gasteiger partial charge on any atom is 0.238 e. The van der Waals surface area contributed by atoms with Gasteiger partial charge in [0.05, 0.1) is 22.3 Å². The van der Waals surface area contributed by atoms with Crippen molar-refractivity contribution in [3.8, 4) is 0 Å². The number of para-hydroxylation sites is 1. The van der Waals surface area contributed by atoms with E-state index in [0.717, 1.165) is 5.56 Å². The van der Waals surface area contributed by atoms with Crippen molar-refractivity contribution in [3.05, 3.63) is 62.1 Å². The van der Waals surface area contributed by atoms with Crippen LogP contribution in [0, 0.1) is 0 Å². The predicted molar refractivity (Wildman–Crippen MR) is 98.0 cm³/mol. The Bertz CT molecular complexity index is 701. The van der Waals surface area contributed by atoms with E-state index in [1.165, 1.54) is 0 Å². The van der Waals surface area contributed by atoms with Gasteiger partial charge in [0.1, 0.15) is 0 Å². The van der Waals surface area contributed by atoms with Gasteiger partial charge in [-0.2, -0.15) is 0 Å². The Hall–Kier alpha value is -0.970. The summed E-state index contributed by atoms with van der Waals surface area (Å²) in [6, 6.07) is 10.2. The number of rotatable bonds is 5. The molecule has 2 rings (SSSR count). The van der Waals surface area contributed by atoms with Crippen molar-refractivity contribution in [1.82, 2.24) is 5.32 Å². The second kappa shape index (κ2) is 8.22. The normalized spacial score (nSPS) is 12.0. The van der Waals surface area contributed by atoms with Crippen LogP contribution in [0.3, 0.4) is 0 Å². The lowest BCUT2D eigenvalue weighted by molar-refractivity contribution is -0.115. The molecule has 23 heavy (non-hydrogen) atoms. The highest BCUT2D eigenvalue weighted by atomic mass is 35.5. The molecule has 1 atom stereocenters. The first-order valence-corrected chi connectivity index (χ1v) is 8.32. The van der Waals surface area contributed by atoms with Crippen molar-refractivity contribution in [2.75, 3.05) is 11.9 Å². The summed E-state index contributed by atoms with van der Waals surface area (Å²) in [4.78, 5) is 12.0. The summed E-state index contributed by atoms with van der Waals surface area (Å²) in [6.45, 7) is 1.99. The highest BCUT2D eigenvalue weighted by molar-refractivity contribution is 6.39. The third-order valence-corrected chi connectivity index (χ3v) is 4.42. The van der Waals surface area contributed by atoms with Gasteiger partial charge in [-0.05, 0) is 36.8 Å². The van der Waals surface area contributed by atoms with Gasteiger partial charge in [-0.25, -0.2) is 0 Å². The fraction of sp³-hybridized carbons (Fsp3) is 0.188. The number of amides is 1. The zero-order valence-corrected chi connectivity index (χ0v) is 15.2. The molecule has 2 N–H and O–H groups in total. The first-order valence-electron chi connectivity index (χ1n) is 6.80. The predicted octanol–water partition coefficient (Wildman–Crippen LogP) is 5.59. The molecule has 0 aliphatic heterocycles. The molecule has 3 nitrogen and oxygen atoms in total. The highest BCUT2D eigenvalue weighted by Gasteiger charge is 2.13. The lowest BCUT2D eigenvalue weighted by Crippen LogP contribution is -2.30. The van der Waals surface area contributed by atoms with Crippen molar-refractivity contribution in [1.29, 1.82) is 0 Å². The zero-order valence-electron chi connectivity index (χ0n) is 12.2. The molecule has 0 bridgehead atoms. The second-order valence-corrected chi connectivity index (χ2v) is 6.57. The Morgan fingerprint density at radius 1 is 1.04 bits per heavy atom. The lowest BCUT2D eigenvalue weighted by Gasteiger charge is -2.16. The number of anilines is 1. The van der Waals surface area contributed by atoms with Crippen LogP contribution in [0.1, 0.15) is 18.5 Å². The van der Waals surface area contributed by atoms with Crippen LogP contribution in [-0.4, -0.2) is 12.5 Å². The summed E-state index contributed by atoms with van der Waals surface area (Å²) in [5, 5.41) is 7.67. The molecule has 0 spiro atoms. The molecule has 2 aromatic carbocycles. The van der Waals surface area contributed by atoms with Gasteiger partial charge in [0.15, 0.2) is 0 Å². The Kier molecular flexibility index (Phi) is 6.57. The molecular weight excluding hydrogens is 378 g/mol. The van der Waals surface area contributed by atoms with E-state index in [4.69, 9.17) is 46.4 Å². The third-order valence-electron chi connectivity index (χ3n) is 3.22. The van der Waals surface area contributed by atoms with Crippen molar-refractivity contribution >= 4 is 58.0 Å². The van der Waals surface area contributed by atoms with E-state index in [0.29, 0.717) is 25.8 Å². The fourth-order valence-electron chi connectivity index (χ4n) is 2.01. The summed E-state index contributed by atoms with van der Waals surface area (Å²) in [6.07, 6.45) is 0. The molecule has 0 saturated carbocycles. The topological polar surface area (TPSA) is 41.1 Å². The standard InChI is InChI=1S/C16H14Cl4N2O/c1-9(11-6-5-10(17)7-14(11)20)21-8-15(23)22-16-12(18)3-2-4-13(16)19/h2-7,9,21H,8H2,1H3,(H,22,23)/t9-/m0/s1. The molecule has 0 radical (unpaired) electrons. The SMILES string of the molecule is C[C@H](NCC(=O)Nc1c(Cl)cccc1Cl)c1ccc(Cl)cc1Cl. The van der Waals surface area contributed by atoms with Crippen LogP contribution < -0.4 is 10.6 Å². The average molecular weight is 392 g/mol. The number of carbonyl (C=O) groups is 1. The van der Waals surface area contributed by atoms with Gasteiger partial charge in [-0.15, -0.1) is 0 Å². The molecule has 0 aliphatic carbocycles. The largest absolute Gasteiger partial charge is 0.322 e. The lowest BCUT2D eigenvalue weighted by atomic mass is 10.1. The third kappa shape index (κ3) is 5.00. The molecule has 0 unspecified atom stereocenters. The number of hydrogen-bond acceptors (Lipinski definition) is 2. The van der Waals surface area contributed by atoms with E-state index in [1.807, 2.05) is 13.0 Å². The molecule has 0 aliphatic rings. The number of hydrogen-bond donors (Lipinski definition) is 2. The number of halogens is 4. The number of benzene rings is 2. The van der Waals surface area contributed by atoms with Gasteiger partial charge in [0.25, 0.3) is 0 Å². The van der Waals surface area contributed by atoms with Crippen LogP contribution in [0.25, 0.3) is 0 Å². The molecule has 122 valence electrons. The minimum Gasteiger partial charge on any atom is -0.322 e. The van der Waals surface area contributed by atoms with Crippen molar-refractivity contribution in [2.24, 2.45) is 0 Å². The van der Waals surface area contributed by atoms with Gasteiger partial charge < -0.3 is 10.6 Å².